The first-order valence-electron chi connectivity index (χ1n) is 6.19. The molecule has 15 heavy (non-hydrogen) atoms. The Bertz CT molecular complexity index is 229. The van der Waals surface area contributed by atoms with E-state index in [1.807, 2.05) is 33.9 Å². The monoisotopic (exact) mass is 209 g/mol. The van der Waals surface area contributed by atoms with Crippen molar-refractivity contribution in [2.45, 2.75) is 60.8 Å². The topological polar surface area (TPSA) is 12.9 Å². The van der Waals surface area contributed by atoms with Crippen LogP contribution in [-0.2, 0) is 6.42 Å². The normalized spacial score (nSPS) is 8.53. The van der Waals surface area contributed by atoms with Gasteiger partial charge >= 0.3 is 0 Å². The highest BCUT2D eigenvalue weighted by molar-refractivity contribution is 5.19. The first-order valence-corrected chi connectivity index (χ1v) is 6.19. The van der Waals surface area contributed by atoms with Crippen LogP contribution in [0.2, 0.25) is 0 Å². The van der Waals surface area contributed by atoms with E-state index in [2.05, 4.69) is 37.9 Å². The Labute approximate surface area is 95.9 Å². The molecule has 0 spiro atoms. The Morgan fingerprint density at radius 2 is 1.67 bits per heavy atom. The second kappa shape index (κ2) is 11.2. The van der Waals surface area contributed by atoms with Crippen molar-refractivity contribution in [1.82, 2.24) is 4.98 Å². The van der Waals surface area contributed by atoms with Gasteiger partial charge in [0.2, 0.25) is 0 Å². The molecular weight excluding hydrogens is 182 g/mol. The lowest BCUT2D eigenvalue weighted by Crippen LogP contribution is -1.91. The third kappa shape index (κ3) is 7.12. The van der Waals surface area contributed by atoms with E-state index in [4.69, 9.17) is 0 Å². The molecule has 0 unspecified atom stereocenters. The van der Waals surface area contributed by atoms with Gasteiger partial charge in [0.1, 0.15) is 0 Å². The maximum Gasteiger partial charge on any atom is 0.0403 e. The van der Waals surface area contributed by atoms with E-state index in [-0.39, 0.29) is 0 Å². The van der Waals surface area contributed by atoms with E-state index in [1.165, 1.54) is 11.3 Å². The zero-order valence-electron chi connectivity index (χ0n) is 11.5. The molecule has 0 atom stereocenters. The van der Waals surface area contributed by atoms with Crippen LogP contribution < -0.4 is 0 Å². The molecule has 0 aliphatic rings. The number of hydrogen-bond donors (Lipinski definition) is 0. The number of aromatic nitrogens is 1. The van der Waals surface area contributed by atoms with E-state index in [0.29, 0.717) is 5.92 Å². The third-order valence-corrected chi connectivity index (χ3v) is 1.87. The van der Waals surface area contributed by atoms with Crippen molar-refractivity contribution < 1.29 is 0 Å². The van der Waals surface area contributed by atoms with Crippen LogP contribution in [0.4, 0.5) is 0 Å². The van der Waals surface area contributed by atoms with Gasteiger partial charge in [0, 0.05) is 11.9 Å². The zero-order valence-corrected chi connectivity index (χ0v) is 11.5. The average Bonchev–Trinajstić information content (AvgIpc) is 2.34. The quantitative estimate of drug-likeness (QED) is 0.680. The SMILES string of the molecule is CC.CC.CCc1cc(C(C)C)ccn1. The number of pyridine rings is 1. The van der Waals surface area contributed by atoms with Gasteiger partial charge in [-0.3, -0.25) is 4.98 Å². The standard InChI is InChI=1S/C10H15N.2C2H6/c1-4-10-7-9(8(2)3)5-6-11-10;2*1-2/h5-8H,4H2,1-3H3;2*1-2H3. The molecule has 0 amide bonds. The molecule has 0 fully saturated rings. The van der Waals surface area contributed by atoms with Gasteiger partial charge in [-0.2, -0.15) is 0 Å². The lowest BCUT2D eigenvalue weighted by atomic mass is 10.0. The van der Waals surface area contributed by atoms with Crippen LogP contribution >= 0.6 is 0 Å². The molecule has 0 saturated carbocycles. The minimum Gasteiger partial charge on any atom is -0.261 e. The summed E-state index contributed by atoms with van der Waals surface area (Å²) < 4.78 is 0. The maximum atomic E-state index is 4.24. The van der Waals surface area contributed by atoms with Crippen LogP contribution in [0.15, 0.2) is 18.3 Å². The van der Waals surface area contributed by atoms with Gasteiger partial charge in [-0.25, -0.2) is 0 Å². The summed E-state index contributed by atoms with van der Waals surface area (Å²) in [5, 5.41) is 0. The summed E-state index contributed by atoms with van der Waals surface area (Å²) >= 11 is 0. The Morgan fingerprint density at radius 1 is 1.13 bits per heavy atom. The molecule has 0 radical (unpaired) electrons. The predicted molar refractivity (Wildman–Crippen MR) is 70.4 cm³/mol. The van der Waals surface area contributed by atoms with Crippen molar-refractivity contribution in [2.24, 2.45) is 0 Å². The highest BCUT2D eigenvalue weighted by atomic mass is 14.7. The van der Waals surface area contributed by atoms with Crippen LogP contribution in [0.25, 0.3) is 0 Å². The third-order valence-electron chi connectivity index (χ3n) is 1.87. The summed E-state index contributed by atoms with van der Waals surface area (Å²) in [4.78, 5) is 4.24. The van der Waals surface area contributed by atoms with Crippen molar-refractivity contribution in [1.29, 1.82) is 0 Å². The zero-order chi connectivity index (χ0) is 12.3. The van der Waals surface area contributed by atoms with Gasteiger partial charge in [0.25, 0.3) is 0 Å². The Kier molecular flexibility index (Phi) is 12.4. The molecule has 88 valence electrons. The molecule has 1 rings (SSSR count). The number of rotatable bonds is 2. The number of aryl methyl sites for hydroxylation is 1. The predicted octanol–water partition coefficient (Wildman–Crippen LogP) is 4.82. The van der Waals surface area contributed by atoms with E-state index in [0.717, 1.165) is 6.42 Å². The Hall–Kier alpha value is -0.850. The van der Waals surface area contributed by atoms with Gasteiger partial charge in [-0.05, 0) is 30.0 Å². The molecule has 1 aromatic rings. The smallest absolute Gasteiger partial charge is 0.0403 e. The highest BCUT2D eigenvalue weighted by Crippen LogP contribution is 2.13. The van der Waals surface area contributed by atoms with Crippen molar-refractivity contribution in [3.8, 4) is 0 Å². The molecule has 0 aliphatic carbocycles. The van der Waals surface area contributed by atoms with Crippen LogP contribution in [0, 0.1) is 0 Å². The minimum absolute atomic E-state index is 0.614. The molecule has 0 bridgehead atoms. The van der Waals surface area contributed by atoms with Crippen molar-refractivity contribution in [2.75, 3.05) is 0 Å². The summed E-state index contributed by atoms with van der Waals surface area (Å²) in [5.74, 6) is 0.614. The van der Waals surface area contributed by atoms with E-state index in [9.17, 15) is 0 Å². The van der Waals surface area contributed by atoms with Gasteiger partial charge in [0.15, 0.2) is 0 Å². The largest absolute Gasteiger partial charge is 0.261 e. The van der Waals surface area contributed by atoms with E-state index < -0.39 is 0 Å². The lowest BCUT2D eigenvalue weighted by Gasteiger charge is -2.05. The molecule has 0 N–H and O–H groups in total. The number of hydrogen-bond acceptors (Lipinski definition) is 1. The second-order valence-corrected chi connectivity index (χ2v) is 3.09. The van der Waals surface area contributed by atoms with Crippen molar-refractivity contribution in [3.05, 3.63) is 29.6 Å². The van der Waals surface area contributed by atoms with Crippen molar-refractivity contribution in [3.63, 3.8) is 0 Å². The molecule has 0 aliphatic heterocycles. The summed E-state index contributed by atoms with van der Waals surface area (Å²) in [6.07, 6.45) is 2.93. The molecule has 1 aromatic heterocycles. The fourth-order valence-electron chi connectivity index (χ4n) is 1.05. The van der Waals surface area contributed by atoms with E-state index in [1.54, 1.807) is 0 Å². The highest BCUT2D eigenvalue weighted by Gasteiger charge is 1.98. The maximum absolute atomic E-state index is 4.24. The molecule has 1 heteroatoms. The minimum atomic E-state index is 0.614. The lowest BCUT2D eigenvalue weighted by molar-refractivity contribution is 0.853. The van der Waals surface area contributed by atoms with Crippen LogP contribution in [0.5, 0.6) is 0 Å². The molecule has 0 aromatic carbocycles. The summed E-state index contributed by atoms with van der Waals surface area (Å²) in [5.41, 5.74) is 2.58. The summed E-state index contributed by atoms with van der Waals surface area (Å²) in [6.45, 7) is 14.5. The Morgan fingerprint density at radius 3 is 2.07 bits per heavy atom. The van der Waals surface area contributed by atoms with Gasteiger partial charge in [-0.1, -0.05) is 48.5 Å². The number of nitrogens with zero attached hydrogens (tertiary/aromatic N) is 1. The van der Waals surface area contributed by atoms with Crippen LogP contribution in [0.1, 0.15) is 65.6 Å². The summed E-state index contributed by atoms with van der Waals surface area (Å²) in [6, 6.07) is 4.27. The Balaban J connectivity index is 0. The fourth-order valence-corrected chi connectivity index (χ4v) is 1.05. The first-order chi connectivity index (χ1) is 7.24. The second-order valence-electron chi connectivity index (χ2n) is 3.09. The molecule has 1 heterocycles. The fraction of sp³-hybridized carbons (Fsp3) is 0.643. The average molecular weight is 209 g/mol. The van der Waals surface area contributed by atoms with Crippen molar-refractivity contribution >= 4 is 0 Å². The molecular formula is C14H27N. The van der Waals surface area contributed by atoms with Crippen LogP contribution in [0.3, 0.4) is 0 Å². The van der Waals surface area contributed by atoms with Gasteiger partial charge < -0.3 is 0 Å². The molecule has 1 nitrogen and oxygen atoms in total. The molecule has 0 saturated heterocycles. The van der Waals surface area contributed by atoms with Gasteiger partial charge in [0.05, 0.1) is 0 Å². The first kappa shape index (κ1) is 16.6. The van der Waals surface area contributed by atoms with Gasteiger partial charge in [-0.15, -0.1) is 0 Å². The van der Waals surface area contributed by atoms with Crippen LogP contribution in [-0.4, -0.2) is 4.98 Å². The van der Waals surface area contributed by atoms with E-state index >= 15 is 0 Å². The summed E-state index contributed by atoms with van der Waals surface area (Å²) in [7, 11) is 0.